The molecule has 9 nitrogen and oxygen atoms in total. The molecule has 3 aromatic rings. The molecule has 190 valence electrons. The second-order valence-electron chi connectivity index (χ2n) is 9.86. The molecule has 0 aliphatic rings. The molecule has 0 bridgehead atoms. The fraction of sp³-hybridized carbons (Fsp3) is 0.417. The van der Waals surface area contributed by atoms with Crippen LogP contribution in [0.3, 0.4) is 0 Å². The number of hydrogen-bond acceptors (Lipinski definition) is 7. The lowest BCUT2D eigenvalue weighted by atomic mass is 10.1. The van der Waals surface area contributed by atoms with Crippen molar-refractivity contribution in [2.75, 3.05) is 19.5 Å². The van der Waals surface area contributed by atoms with Crippen molar-refractivity contribution in [2.24, 2.45) is 0 Å². The van der Waals surface area contributed by atoms with Crippen molar-refractivity contribution in [3.05, 3.63) is 36.4 Å². The number of anilines is 1. The summed E-state index contributed by atoms with van der Waals surface area (Å²) in [6.45, 7) is 9.86. The second kappa shape index (κ2) is 9.03. The second-order valence-corrected chi connectivity index (χ2v) is 12.5. The Hall–Kier alpha value is -3.34. The minimum atomic E-state index is -3.78. The van der Waals surface area contributed by atoms with E-state index in [2.05, 4.69) is 10.3 Å². The van der Waals surface area contributed by atoms with Crippen LogP contribution in [0.2, 0.25) is 0 Å². The number of rotatable bonds is 5. The van der Waals surface area contributed by atoms with Crippen molar-refractivity contribution >= 4 is 27.3 Å². The summed E-state index contributed by atoms with van der Waals surface area (Å²) in [4.78, 5) is 16.6. The molecule has 11 heteroatoms. The summed E-state index contributed by atoms with van der Waals surface area (Å²) in [6.07, 6.45) is 2.09. The van der Waals surface area contributed by atoms with E-state index in [-0.39, 0.29) is 22.1 Å². The lowest BCUT2D eigenvalue weighted by Gasteiger charge is -2.21. The standard InChI is InChI=1S/C24H30FN3O6S/c1-23(2,3)34-22(29)27-15-9-14(10-18(33-8)21(15)25)16-12-26-20-11-17(32-7)19(13-28(16)20)35(30,31)24(4,5)6/h9-13H,1-8H3,(H,27,29). The van der Waals surface area contributed by atoms with E-state index in [4.69, 9.17) is 14.2 Å². The Labute approximate surface area is 204 Å². The maximum atomic E-state index is 14.9. The van der Waals surface area contributed by atoms with Crippen LogP contribution in [0.25, 0.3) is 16.9 Å². The number of carbonyl (C=O) groups excluding carboxylic acids is 1. The van der Waals surface area contributed by atoms with Gasteiger partial charge in [0.2, 0.25) is 0 Å². The average Bonchev–Trinajstić information content (AvgIpc) is 3.15. The Bertz CT molecular complexity index is 1380. The molecule has 0 atom stereocenters. The molecule has 3 rings (SSSR count). The maximum Gasteiger partial charge on any atom is 0.412 e. The Morgan fingerprint density at radius 2 is 1.66 bits per heavy atom. The summed E-state index contributed by atoms with van der Waals surface area (Å²) in [6, 6.07) is 4.34. The van der Waals surface area contributed by atoms with E-state index in [9.17, 15) is 17.6 Å². The molecule has 0 saturated carbocycles. The van der Waals surface area contributed by atoms with Gasteiger partial charge in [-0.15, -0.1) is 0 Å². The number of imidazole rings is 1. The molecule has 0 aliphatic heterocycles. The van der Waals surface area contributed by atoms with Crippen molar-refractivity contribution in [1.29, 1.82) is 0 Å². The number of amides is 1. The number of benzene rings is 1. The van der Waals surface area contributed by atoms with E-state index in [1.807, 2.05) is 0 Å². The highest BCUT2D eigenvalue weighted by Gasteiger charge is 2.34. The third-order valence-corrected chi connectivity index (χ3v) is 7.58. The van der Waals surface area contributed by atoms with Crippen LogP contribution in [0.5, 0.6) is 11.5 Å². The van der Waals surface area contributed by atoms with Gasteiger partial charge in [0.15, 0.2) is 21.4 Å². The fourth-order valence-corrected chi connectivity index (χ4v) is 4.60. The van der Waals surface area contributed by atoms with Crippen LogP contribution in [-0.2, 0) is 14.6 Å². The number of aromatic nitrogens is 2. The summed E-state index contributed by atoms with van der Waals surface area (Å²) >= 11 is 0. The largest absolute Gasteiger partial charge is 0.495 e. The fourth-order valence-electron chi connectivity index (χ4n) is 3.29. The summed E-state index contributed by atoms with van der Waals surface area (Å²) in [5.41, 5.74) is 0.330. The Morgan fingerprint density at radius 1 is 1.03 bits per heavy atom. The van der Waals surface area contributed by atoms with Gasteiger partial charge in [-0.1, -0.05) is 0 Å². The van der Waals surface area contributed by atoms with E-state index < -0.39 is 32.1 Å². The van der Waals surface area contributed by atoms with E-state index in [1.54, 1.807) is 45.9 Å². The predicted octanol–water partition coefficient (Wildman–Crippen LogP) is 5.08. The Morgan fingerprint density at radius 3 is 2.20 bits per heavy atom. The molecule has 0 aliphatic carbocycles. The average molecular weight is 508 g/mol. The van der Waals surface area contributed by atoms with Crippen molar-refractivity contribution in [2.45, 2.75) is 56.8 Å². The molecule has 35 heavy (non-hydrogen) atoms. The third kappa shape index (κ3) is 5.19. The first kappa shape index (κ1) is 26.3. The first-order valence-electron chi connectivity index (χ1n) is 10.8. The molecular formula is C24H30FN3O6S. The first-order chi connectivity index (χ1) is 16.1. The van der Waals surface area contributed by atoms with E-state index in [1.165, 1.54) is 44.8 Å². The van der Waals surface area contributed by atoms with Gasteiger partial charge in [0, 0.05) is 17.8 Å². The van der Waals surface area contributed by atoms with Crippen LogP contribution >= 0.6 is 0 Å². The lowest BCUT2D eigenvalue weighted by molar-refractivity contribution is 0.0635. The Balaban J connectivity index is 2.20. The van der Waals surface area contributed by atoms with Gasteiger partial charge in [0.05, 0.1) is 36.5 Å². The van der Waals surface area contributed by atoms with Gasteiger partial charge in [0.25, 0.3) is 0 Å². The topological polar surface area (TPSA) is 108 Å². The number of fused-ring (bicyclic) bond motifs is 1. The number of sulfone groups is 1. The van der Waals surface area contributed by atoms with E-state index in [0.29, 0.717) is 16.9 Å². The first-order valence-corrected chi connectivity index (χ1v) is 12.2. The molecule has 0 spiro atoms. The van der Waals surface area contributed by atoms with Crippen molar-refractivity contribution in [3.63, 3.8) is 0 Å². The van der Waals surface area contributed by atoms with Gasteiger partial charge in [-0.2, -0.15) is 0 Å². The highest BCUT2D eigenvalue weighted by atomic mass is 32.2. The molecule has 2 aromatic heterocycles. The monoisotopic (exact) mass is 507 g/mol. The number of ether oxygens (including phenoxy) is 3. The Kier molecular flexibility index (Phi) is 6.78. The van der Waals surface area contributed by atoms with Crippen LogP contribution in [0.4, 0.5) is 14.9 Å². The summed E-state index contributed by atoms with van der Waals surface area (Å²) in [7, 11) is -1.10. The van der Waals surface area contributed by atoms with Crippen LogP contribution in [0.1, 0.15) is 41.5 Å². The molecule has 0 unspecified atom stereocenters. The molecular weight excluding hydrogens is 477 g/mol. The number of nitrogens with zero attached hydrogens (tertiary/aromatic N) is 2. The third-order valence-electron chi connectivity index (χ3n) is 5.08. The molecule has 2 heterocycles. The number of methoxy groups -OCH3 is 2. The van der Waals surface area contributed by atoms with Crippen molar-refractivity contribution < 1.29 is 31.8 Å². The predicted molar refractivity (Wildman–Crippen MR) is 130 cm³/mol. The quantitative estimate of drug-likeness (QED) is 0.513. The molecule has 1 N–H and O–H groups in total. The summed E-state index contributed by atoms with van der Waals surface area (Å²) < 4.78 is 57.6. The highest BCUT2D eigenvalue weighted by molar-refractivity contribution is 7.92. The number of halogens is 1. The van der Waals surface area contributed by atoms with Gasteiger partial charge in [-0.3, -0.25) is 9.72 Å². The number of pyridine rings is 1. The SMILES string of the molecule is COc1cc2ncc(-c3cc(NC(=O)OC(C)(C)C)c(F)c(OC)c3)n2cc1S(=O)(=O)C(C)(C)C. The smallest absolute Gasteiger partial charge is 0.412 e. The number of carbonyl (C=O) groups is 1. The number of nitrogens with one attached hydrogen (secondary N) is 1. The zero-order valence-corrected chi connectivity index (χ0v) is 21.8. The summed E-state index contributed by atoms with van der Waals surface area (Å²) in [5, 5.41) is 2.40. The molecule has 1 amide bonds. The van der Waals surface area contributed by atoms with E-state index >= 15 is 0 Å². The van der Waals surface area contributed by atoms with Crippen LogP contribution in [0.15, 0.2) is 35.5 Å². The van der Waals surface area contributed by atoms with Gasteiger partial charge in [-0.05, 0) is 53.7 Å². The minimum Gasteiger partial charge on any atom is -0.495 e. The van der Waals surface area contributed by atoms with Crippen molar-refractivity contribution in [3.8, 4) is 22.8 Å². The zero-order chi connectivity index (χ0) is 26.3. The molecule has 0 fully saturated rings. The van der Waals surface area contributed by atoms with Crippen molar-refractivity contribution in [1.82, 2.24) is 9.38 Å². The summed E-state index contributed by atoms with van der Waals surface area (Å²) in [5.74, 6) is -0.748. The van der Waals surface area contributed by atoms with E-state index in [0.717, 1.165) is 0 Å². The van der Waals surface area contributed by atoms with Gasteiger partial charge < -0.3 is 14.2 Å². The lowest BCUT2D eigenvalue weighted by Crippen LogP contribution is -2.28. The van der Waals surface area contributed by atoms with Crippen LogP contribution in [-0.4, -0.2) is 48.5 Å². The molecule has 1 aromatic carbocycles. The highest BCUT2D eigenvalue weighted by Crippen LogP contribution is 2.36. The normalized spacial score (nSPS) is 12.5. The maximum absolute atomic E-state index is 14.9. The van der Waals surface area contributed by atoms with Gasteiger partial charge in [0.1, 0.15) is 21.9 Å². The van der Waals surface area contributed by atoms with Gasteiger partial charge in [-0.25, -0.2) is 22.6 Å². The van der Waals surface area contributed by atoms with Gasteiger partial charge >= 0.3 is 6.09 Å². The van der Waals surface area contributed by atoms with Crippen LogP contribution in [0, 0.1) is 5.82 Å². The van der Waals surface area contributed by atoms with Crippen LogP contribution < -0.4 is 14.8 Å². The zero-order valence-electron chi connectivity index (χ0n) is 21.0. The molecule has 0 saturated heterocycles. The minimum absolute atomic E-state index is 0.0135. The molecule has 0 radical (unpaired) electrons. The number of hydrogen-bond donors (Lipinski definition) is 1.